The summed E-state index contributed by atoms with van der Waals surface area (Å²) in [5, 5.41) is 4.18. The van der Waals surface area contributed by atoms with E-state index in [1.807, 2.05) is 30.3 Å². The van der Waals surface area contributed by atoms with Crippen molar-refractivity contribution >= 4 is 11.7 Å². The molecule has 0 bridgehead atoms. The summed E-state index contributed by atoms with van der Waals surface area (Å²) in [5.74, 6) is -0.0825. The number of nitrogens with zero attached hydrogens (tertiary/aromatic N) is 1. The Morgan fingerprint density at radius 3 is 2.20 bits per heavy atom. The number of hydrogen-bond acceptors (Lipinski definition) is 4. The van der Waals surface area contributed by atoms with Crippen molar-refractivity contribution in [2.75, 3.05) is 7.11 Å². The van der Waals surface area contributed by atoms with Crippen LogP contribution >= 0.6 is 0 Å². The van der Waals surface area contributed by atoms with Gasteiger partial charge in [0, 0.05) is 5.56 Å². The lowest BCUT2D eigenvalue weighted by Gasteiger charge is -2.14. The number of rotatable bonds is 7. The van der Waals surface area contributed by atoms with Crippen LogP contribution in [0.4, 0.5) is 0 Å². The molecule has 0 aliphatic heterocycles. The molecule has 0 spiro atoms. The van der Waals surface area contributed by atoms with Gasteiger partial charge < -0.3 is 10.2 Å². The summed E-state index contributed by atoms with van der Waals surface area (Å²) in [7, 11) is 1.48. The number of carbonyl (C=O) groups is 1. The zero-order valence-corrected chi connectivity index (χ0v) is 15.4. The van der Waals surface area contributed by atoms with Gasteiger partial charge in [0.15, 0.2) is 0 Å². The normalized spacial score (nSPS) is 11.3. The molecule has 0 aliphatic rings. The zero-order valence-electron chi connectivity index (χ0n) is 15.4. The summed E-state index contributed by atoms with van der Waals surface area (Å²) in [6, 6.07) is 14.0. The third kappa shape index (κ3) is 4.69. The second-order valence-electron chi connectivity index (χ2n) is 5.94. The minimum Gasteiger partial charge on any atom is -0.477 e. The highest BCUT2D eigenvalue weighted by atomic mass is 16.5. The number of benzene rings is 2. The maximum Gasteiger partial charge on any atom is 0.279 e. The summed E-state index contributed by atoms with van der Waals surface area (Å²) < 4.78 is 5.27. The van der Waals surface area contributed by atoms with Crippen molar-refractivity contribution in [2.45, 2.75) is 40.2 Å². The first-order valence-electron chi connectivity index (χ1n) is 8.66. The largest absolute Gasteiger partial charge is 0.477 e. The summed E-state index contributed by atoms with van der Waals surface area (Å²) in [6.07, 6.45) is 1.59. The second-order valence-corrected chi connectivity index (χ2v) is 5.94. The molecule has 0 atom stereocenters. The lowest BCUT2D eigenvalue weighted by molar-refractivity contribution is 0.103. The van der Waals surface area contributed by atoms with Crippen LogP contribution in [0.1, 0.15) is 46.5 Å². The highest BCUT2D eigenvalue weighted by molar-refractivity contribution is 6.43. The van der Waals surface area contributed by atoms with Crippen LogP contribution in [0.5, 0.6) is 0 Å². The van der Waals surface area contributed by atoms with Crippen molar-refractivity contribution < 1.29 is 9.53 Å². The highest BCUT2D eigenvalue weighted by Crippen LogP contribution is 2.20. The topological polar surface area (TPSA) is 50.7 Å². The van der Waals surface area contributed by atoms with Gasteiger partial charge in [0.1, 0.15) is 0 Å². The van der Waals surface area contributed by atoms with Crippen LogP contribution in [0.3, 0.4) is 0 Å². The molecule has 4 heteroatoms. The molecule has 0 aromatic heterocycles. The Morgan fingerprint density at radius 2 is 1.68 bits per heavy atom. The molecule has 0 heterocycles. The van der Waals surface area contributed by atoms with Gasteiger partial charge in [-0.1, -0.05) is 61.9 Å². The van der Waals surface area contributed by atoms with Crippen molar-refractivity contribution in [3.8, 4) is 0 Å². The van der Waals surface area contributed by atoms with E-state index in [1.165, 1.54) is 12.7 Å². The Bertz CT molecular complexity index is 727. The monoisotopic (exact) mass is 338 g/mol. The van der Waals surface area contributed by atoms with E-state index in [1.54, 1.807) is 0 Å². The first kappa shape index (κ1) is 18.7. The first-order chi connectivity index (χ1) is 12.1. The molecule has 2 rings (SSSR count). The molecule has 0 amide bonds. The molecule has 4 nitrogen and oxygen atoms in total. The number of methoxy groups -OCH3 is 1. The molecule has 132 valence electrons. The van der Waals surface area contributed by atoms with Crippen LogP contribution < -0.4 is 5.43 Å². The number of carbonyl (C=O) groups excluding carboxylic acids is 1. The number of nitrogens with one attached hydrogen (secondary N) is 1. The maximum absolute atomic E-state index is 13.0. The number of aryl methyl sites for hydroxylation is 3. The van der Waals surface area contributed by atoms with Crippen LogP contribution in [0, 0.1) is 6.92 Å². The van der Waals surface area contributed by atoms with E-state index in [0.717, 1.165) is 35.1 Å². The smallest absolute Gasteiger partial charge is 0.279 e. The molecule has 0 aliphatic carbocycles. The van der Waals surface area contributed by atoms with Crippen LogP contribution in [-0.2, 0) is 24.1 Å². The lowest BCUT2D eigenvalue weighted by atomic mass is 9.92. The Balaban J connectivity index is 2.26. The minimum atomic E-state index is -0.170. The summed E-state index contributed by atoms with van der Waals surface area (Å²) in [5.41, 5.74) is 7.99. The molecule has 25 heavy (non-hydrogen) atoms. The summed E-state index contributed by atoms with van der Waals surface area (Å²) in [4.78, 5) is 13.0. The Hall–Kier alpha value is -2.62. The van der Waals surface area contributed by atoms with E-state index >= 15 is 0 Å². The van der Waals surface area contributed by atoms with Gasteiger partial charge in [0.25, 0.3) is 5.90 Å². The molecule has 0 unspecified atom stereocenters. The number of ether oxygens (including phenoxy) is 1. The second kappa shape index (κ2) is 9.02. The summed E-state index contributed by atoms with van der Waals surface area (Å²) in [6.45, 7) is 6.71. The fourth-order valence-corrected chi connectivity index (χ4v) is 2.89. The molecule has 2 aromatic rings. The molecular formula is C21H26N2O2. The van der Waals surface area contributed by atoms with Gasteiger partial charge >= 0.3 is 0 Å². The lowest BCUT2D eigenvalue weighted by Crippen LogP contribution is -2.23. The molecule has 2 aromatic carbocycles. The molecule has 0 fully saturated rings. The molecule has 1 N–H and O–H groups in total. The van der Waals surface area contributed by atoms with Gasteiger partial charge in [-0.3, -0.25) is 4.79 Å². The third-order valence-electron chi connectivity index (χ3n) is 4.13. The Morgan fingerprint density at radius 1 is 1.08 bits per heavy atom. The van der Waals surface area contributed by atoms with Gasteiger partial charge in [-0.25, -0.2) is 0 Å². The fraction of sp³-hybridized carbons (Fsp3) is 0.333. The van der Waals surface area contributed by atoms with E-state index < -0.39 is 0 Å². The van der Waals surface area contributed by atoms with Crippen molar-refractivity contribution in [2.24, 2.45) is 5.10 Å². The summed E-state index contributed by atoms with van der Waals surface area (Å²) >= 11 is 0. The van der Waals surface area contributed by atoms with E-state index in [9.17, 15) is 4.79 Å². The first-order valence-corrected chi connectivity index (χ1v) is 8.66. The van der Waals surface area contributed by atoms with E-state index in [0.29, 0.717) is 6.54 Å². The number of hydrazone groups is 1. The molecule has 0 saturated heterocycles. The SMILES string of the molecule is CCc1cc(C)cc(CC)c1C(=O)/C(=N\NCc1ccccc1)OC. The van der Waals surface area contributed by atoms with Crippen molar-refractivity contribution in [3.05, 3.63) is 70.3 Å². The predicted octanol–water partition coefficient (Wildman–Crippen LogP) is 4.05. The van der Waals surface area contributed by atoms with Crippen LogP contribution in [0.25, 0.3) is 0 Å². The highest BCUT2D eigenvalue weighted by Gasteiger charge is 2.21. The average molecular weight is 338 g/mol. The molecular weight excluding hydrogens is 312 g/mol. The average Bonchev–Trinajstić information content (AvgIpc) is 2.64. The van der Waals surface area contributed by atoms with Gasteiger partial charge in [0.2, 0.25) is 5.78 Å². The Kier molecular flexibility index (Phi) is 6.75. The van der Waals surface area contributed by atoms with E-state index in [-0.39, 0.29) is 11.7 Å². The van der Waals surface area contributed by atoms with Gasteiger partial charge in [-0.05, 0) is 36.5 Å². The van der Waals surface area contributed by atoms with Crippen molar-refractivity contribution in [1.29, 1.82) is 0 Å². The Labute approximate surface area is 149 Å². The molecule has 0 radical (unpaired) electrons. The number of Topliss-reactive ketones (excluding diaryl/α,β-unsaturated/α-hetero) is 1. The standard InChI is InChI=1S/C21H26N2O2/c1-5-17-12-15(3)13-18(6-2)19(17)20(24)21(25-4)23-22-14-16-10-8-7-9-11-16/h7-13,22H,5-6,14H2,1-4H3/b23-21+. The van der Waals surface area contributed by atoms with Crippen LogP contribution in [0.15, 0.2) is 47.6 Å². The van der Waals surface area contributed by atoms with E-state index in [4.69, 9.17) is 4.74 Å². The fourth-order valence-electron chi connectivity index (χ4n) is 2.89. The van der Waals surface area contributed by atoms with Gasteiger partial charge in [-0.2, -0.15) is 0 Å². The molecule has 0 saturated carbocycles. The zero-order chi connectivity index (χ0) is 18.2. The quantitative estimate of drug-likeness (QED) is 0.359. The van der Waals surface area contributed by atoms with E-state index in [2.05, 4.69) is 43.4 Å². The van der Waals surface area contributed by atoms with Gasteiger partial charge in [-0.15, -0.1) is 5.10 Å². The number of hydrogen-bond donors (Lipinski definition) is 1. The van der Waals surface area contributed by atoms with Crippen LogP contribution in [-0.4, -0.2) is 18.8 Å². The van der Waals surface area contributed by atoms with Crippen molar-refractivity contribution in [1.82, 2.24) is 5.43 Å². The third-order valence-corrected chi connectivity index (χ3v) is 4.13. The minimum absolute atomic E-state index is 0.0872. The van der Waals surface area contributed by atoms with Crippen molar-refractivity contribution in [3.63, 3.8) is 0 Å². The predicted molar refractivity (Wildman–Crippen MR) is 102 cm³/mol. The maximum atomic E-state index is 13.0. The van der Waals surface area contributed by atoms with Crippen LogP contribution in [0.2, 0.25) is 0 Å². The van der Waals surface area contributed by atoms with Gasteiger partial charge in [0.05, 0.1) is 13.7 Å². The number of ketones is 1.